The Morgan fingerprint density at radius 1 is 1.30 bits per heavy atom. The van der Waals surface area contributed by atoms with Crippen molar-refractivity contribution in [1.29, 1.82) is 0 Å². The van der Waals surface area contributed by atoms with Crippen molar-refractivity contribution >= 4 is 22.9 Å². The number of likely N-dealkylation sites (N-methyl/N-ethyl adjacent to an activating group) is 1. The number of benzene rings is 1. The zero-order valence-corrected chi connectivity index (χ0v) is 12.5. The number of anilines is 1. The highest BCUT2D eigenvalue weighted by molar-refractivity contribution is 7.80. The molecule has 2 N–H and O–H groups in total. The molecule has 108 valence electrons. The highest BCUT2D eigenvalue weighted by Gasteiger charge is 2.35. The molecular formula is C15H20FN3S. The first-order valence-electron chi connectivity index (χ1n) is 7.12. The molecule has 2 atom stereocenters. The van der Waals surface area contributed by atoms with Crippen LogP contribution in [-0.2, 0) is 0 Å². The third-order valence-corrected chi connectivity index (χ3v) is 4.93. The number of hydrogen-bond donors (Lipinski definition) is 1. The smallest absolute Gasteiger partial charge is 0.124 e. The van der Waals surface area contributed by atoms with Crippen LogP contribution in [0.15, 0.2) is 18.2 Å². The predicted octanol–water partition coefficient (Wildman–Crippen LogP) is 2.13. The van der Waals surface area contributed by atoms with E-state index in [2.05, 4.69) is 16.8 Å². The summed E-state index contributed by atoms with van der Waals surface area (Å²) in [7, 11) is 2.21. The largest absolute Gasteiger partial charge is 0.389 e. The molecule has 3 nitrogen and oxygen atoms in total. The number of thiocarbonyl (C=S) groups is 1. The fourth-order valence-corrected chi connectivity index (χ4v) is 3.67. The van der Waals surface area contributed by atoms with Crippen LogP contribution in [-0.4, -0.2) is 42.1 Å². The van der Waals surface area contributed by atoms with Crippen LogP contribution in [0.5, 0.6) is 0 Å². The zero-order chi connectivity index (χ0) is 14.3. The van der Waals surface area contributed by atoms with Gasteiger partial charge >= 0.3 is 0 Å². The number of hydrogen-bond acceptors (Lipinski definition) is 3. The quantitative estimate of drug-likeness (QED) is 0.847. The standard InChI is InChI=1S/C15H20FN3S/c1-18-11-3-4-12(18)9-19(7-6-11)14-5-2-10(16)8-13(14)15(17)20/h2,5,8,11-12H,3-4,6-7,9H2,1H3,(H2,17,20). The Bertz CT molecular complexity index is 534. The first-order valence-corrected chi connectivity index (χ1v) is 7.53. The third kappa shape index (κ3) is 2.40. The van der Waals surface area contributed by atoms with Crippen LogP contribution in [0.25, 0.3) is 0 Å². The van der Waals surface area contributed by atoms with Crippen molar-refractivity contribution in [2.24, 2.45) is 5.73 Å². The summed E-state index contributed by atoms with van der Waals surface area (Å²) in [6, 6.07) is 6.00. The minimum absolute atomic E-state index is 0.266. The van der Waals surface area contributed by atoms with Gasteiger partial charge in [0.15, 0.2) is 0 Å². The molecule has 0 amide bonds. The Balaban J connectivity index is 1.91. The number of nitrogens with two attached hydrogens (primary N) is 1. The normalized spacial score (nSPS) is 26.6. The van der Waals surface area contributed by atoms with E-state index in [0.29, 0.717) is 17.6 Å². The van der Waals surface area contributed by atoms with Crippen molar-refractivity contribution in [3.05, 3.63) is 29.6 Å². The molecule has 2 aliphatic rings. The highest BCUT2D eigenvalue weighted by atomic mass is 32.1. The van der Waals surface area contributed by atoms with E-state index in [1.54, 1.807) is 0 Å². The molecule has 1 aromatic rings. The second-order valence-electron chi connectivity index (χ2n) is 5.81. The third-order valence-electron chi connectivity index (χ3n) is 4.71. The summed E-state index contributed by atoms with van der Waals surface area (Å²) in [5, 5.41) is 0. The number of fused-ring (bicyclic) bond motifs is 2. The van der Waals surface area contributed by atoms with E-state index >= 15 is 0 Å². The summed E-state index contributed by atoms with van der Waals surface area (Å²) in [4.78, 5) is 5.07. The maximum atomic E-state index is 13.4. The summed E-state index contributed by atoms with van der Waals surface area (Å²) in [5.41, 5.74) is 7.39. The molecular weight excluding hydrogens is 273 g/mol. The Kier molecular flexibility index (Phi) is 3.65. The van der Waals surface area contributed by atoms with Gasteiger partial charge in [-0.05, 0) is 44.5 Å². The van der Waals surface area contributed by atoms with Crippen LogP contribution in [0, 0.1) is 5.82 Å². The van der Waals surface area contributed by atoms with E-state index in [-0.39, 0.29) is 10.8 Å². The lowest BCUT2D eigenvalue weighted by Crippen LogP contribution is -2.37. The first-order chi connectivity index (χ1) is 9.56. The summed E-state index contributed by atoms with van der Waals surface area (Å²) < 4.78 is 13.4. The van der Waals surface area contributed by atoms with Gasteiger partial charge in [0.2, 0.25) is 0 Å². The SMILES string of the molecule is CN1C2CCC1CN(c1ccc(F)cc1C(N)=S)CC2. The van der Waals surface area contributed by atoms with Crippen LogP contribution < -0.4 is 10.6 Å². The molecule has 0 saturated carbocycles. The van der Waals surface area contributed by atoms with E-state index in [9.17, 15) is 4.39 Å². The van der Waals surface area contributed by atoms with E-state index < -0.39 is 0 Å². The predicted molar refractivity (Wildman–Crippen MR) is 83.7 cm³/mol. The summed E-state index contributed by atoms with van der Waals surface area (Å²) in [5.74, 6) is -0.287. The Labute approximate surface area is 124 Å². The molecule has 2 bridgehead atoms. The molecule has 5 heteroatoms. The van der Waals surface area contributed by atoms with Crippen LogP contribution >= 0.6 is 12.2 Å². The topological polar surface area (TPSA) is 32.5 Å². The van der Waals surface area contributed by atoms with Crippen molar-refractivity contribution in [2.75, 3.05) is 25.0 Å². The van der Waals surface area contributed by atoms with Crippen molar-refractivity contribution in [3.63, 3.8) is 0 Å². The fraction of sp³-hybridized carbons (Fsp3) is 0.533. The van der Waals surface area contributed by atoms with Gasteiger partial charge in [0.1, 0.15) is 10.8 Å². The lowest BCUT2D eigenvalue weighted by atomic mass is 10.1. The second kappa shape index (κ2) is 5.30. The van der Waals surface area contributed by atoms with Gasteiger partial charge in [-0.2, -0.15) is 0 Å². The average Bonchev–Trinajstić information content (AvgIpc) is 2.64. The first kappa shape index (κ1) is 13.8. The fourth-order valence-electron chi connectivity index (χ4n) is 3.51. The molecule has 2 saturated heterocycles. The van der Waals surface area contributed by atoms with E-state index in [0.717, 1.165) is 25.2 Å². The molecule has 3 rings (SSSR count). The Morgan fingerprint density at radius 3 is 2.80 bits per heavy atom. The van der Waals surface area contributed by atoms with Gasteiger partial charge in [-0.1, -0.05) is 12.2 Å². The van der Waals surface area contributed by atoms with E-state index in [1.165, 1.54) is 25.0 Å². The van der Waals surface area contributed by atoms with Crippen molar-refractivity contribution < 1.29 is 4.39 Å². The molecule has 2 unspecified atom stereocenters. The van der Waals surface area contributed by atoms with Gasteiger partial charge in [0.25, 0.3) is 0 Å². The Hall–Kier alpha value is -1.20. The minimum Gasteiger partial charge on any atom is -0.389 e. The van der Waals surface area contributed by atoms with Crippen molar-refractivity contribution in [1.82, 2.24) is 4.90 Å². The molecule has 2 aliphatic heterocycles. The molecule has 2 heterocycles. The molecule has 0 radical (unpaired) electrons. The molecule has 0 spiro atoms. The van der Waals surface area contributed by atoms with Gasteiger partial charge in [0.05, 0.1) is 0 Å². The van der Waals surface area contributed by atoms with Gasteiger partial charge in [-0.15, -0.1) is 0 Å². The summed E-state index contributed by atoms with van der Waals surface area (Å²) in [6.07, 6.45) is 3.67. The molecule has 0 aliphatic carbocycles. The van der Waals surface area contributed by atoms with Crippen LogP contribution in [0.2, 0.25) is 0 Å². The van der Waals surface area contributed by atoms with Crippen LogP contribution in [0.1, 0.15) is 24.8 Å². The summed E-state index contributed by atoms with van der Waals surface area (Å²) >= 11 is 5.08. The maximum Gasteiger partial charge on any atom is 0.124 e. The Morgan fingerprint density at radius 2 is 2.05 bits per heavy atom. The maximum absolute atomic E-state index is 13.4. The second-order valence-corrected chi connectivity index (χ2v) is 6.25. The molecule has 0 aromatic heterocycles. The summed E-state index contributed by atoms with van der Waals surface area (Å²) in [6.45, 7) is 1.95. The monoisotopic (exact) mass is 293 g/mol. The van der Waals surface area contributed by atoms with Gasteiger partial charge in [0, 0.05) is 36.4 Å². The molecule has 2 fully saturated rings. The molecule has 20 heavy (non-hydrogen) atoms. The number of nitrogens with zero attached hydrogens (tertiary/aromatic N) is 2. The van der Waals surface area contributed by atoms with Crippen LogP contribution in [0.4, 0.5) is 10.1 Å². The number of halogens is 1. The van der Waals surface area contributed by atoms with Crippen molar-refractivity contribution in [2.45, 2.75) is 31.3 Å². The van der Waals surface area contributed by atoms with E-state index in [1.807, 2.05) is 6.07 Å². The van der Waals surface area contributed by atoms with E-state index in [4.69, 9.17) is 18.0 Å². The van der Waals surface area contributed by atoms with Gasteiger partial charge in [-0.25, -0.2) is 4.39 Å². The van der Waals surface area contributed by atoms with Gasteiger partial charge in [-0.3, -0.25) is 4.90 Å². The highest BCUT2D eigenvalue weighted by Crippen LogP contribution is 2.32. The van der Waals surface area contributed by atoms with Gasteiger partial charge < -0.3 is 10.6 Å². The minimum atomic E-state index is -0.287. The molecule has 1 aromatic carbocycles. The number of rotatable bonds is 2. The lowest BCUT2D eigenvalue weighted by molar-refractivity contribution is 0.254. The van der Waals surface area contributed by atoms with Crippen molar-refractivity contribution in [3.8, 4) is 0 Å². The zero-order valence-electron chi connectivity index (χ0n) is 11.7. The lowest BCUT2D eigenvalue weighted by Gasteiger charge is -2.29. The average molecular weight is 293 g/mol. The van der Waals surface area contributed by atoms with Crippen LogP contribution in [0.3, 0.4) is 0 Å².